The van der Waals surface area contributed by atoms with E-state index in [1.54, 1.807) is 19.2 Å². The van der Waals surface area contributed by atoms with Gasteiger partial charge in [0.25, 0.3) is 5.75 Å². The molecule has 0 saturated heterocycles. The molecule has 0 saturated carbocycles. The minimum atomic E-state index is -0.931. The van der Waals surface area contributed by atoms with E-state index < -0.39 is 5.97 Å². The summed E-state index contributed by atoms with van der Waals surface area (Å²) in [6, 6.07) is 5.16. The van der Waals surface area contributed by atoms with Gasteiger partial charge in [-0.2, -0.15) is 0 Å². The molecule has 3 nitrogen and oxygen atoms in total. The molecular weight excluding hydrogens is 204 g/mol. The molecule has 1 aromatic rings. The predicted molar refractivity (Wildman–Crippen MR) is 45.7 cm³/mol. The van der Waals surface area contributed by atoms with E-state index in [2.05, 4.69) is 4.74 Å². The van der Waals surface area contributed by atoms with Gasteiger partial charge in [-0.3, -0.25) is 0 Å². The summed E-state index contributed by atoms with van der Waals surface area (Å²) in [5.41, 5.74) is 1.19. The van der Waals surface area contributed by atoms with Crippen LogP contribution in [0.25, 0.3) is 0 Å². The summed E-state index contributed by atoms with van der Waals surface area (Å²) >= 11 is 0. The molecule has 0 aliphatic heterocycles. The van der Waals surface area contributed by atoms with Crippen LogP contribution in [0, 0.1) is 6.92 Å². The van der Waals surface area contributed by atoms with Crippen molar-refractivity contribution in [2.24, 2.45) is 0 Å². The van der Waals surface area contributed by atoms with Gasteiger partial charge in [0.1, 0.15) is 0 Å². The fourth-order valence-electron chi connectivity index (χ4n) is 1.02. The number of aliphatic hydroxyl groups is 1. The van der Waals surface area contributed by atoms with Crippen LogP contribution >= 0.6 is 0 Å². The van der Waals surface area contributed by atoms with Crippen molar-refractivity contribution in [2.75, 3.05) is 7.11 Å². The second-order valence-electron chi connectivity index (χ2n) is 2.55. The Kier molecular flexibility index (Phi) is 4.74. The summed E-state index contributed by atoms with van der Waals surface area (Å²) in [6.07, 6.45) is 0. The van der Waals surface area contributed by atoms with Crippen molar-refractivity contribution < 1.29 is 36.4 Å². The van der Waals surface area contributed by atoms with Crippen molar-refractivity contribution in [1.82, 2.24) is 0 Å². The summed E-state index contributed by atoms with van der Waals surface area (Å²) in [4.78, 5) is 10.7. The number of aryl methyl sites for hydroxylation is 1. The molecule has 0 aliphatic carbocycles. The Morgan fingerprint density at radius 3 is 2.54 bits per heavy atom. The summed E-state index contributed by atoms with van der Waals surface area (Å²) in [7, 11) is 1.58. The first kappa shape index (κ1) is 12.2. The van der Waals surface area contributed by atoms with Crippen LogP contribution < -0.4 is 0 Å². The van der Waals surface area contributed by atoms with Crippen molar-refractivity contribution in [1.29, 1.82) is 0 Å². The molecule has 13 heavy (non-hydrogen) atoms. The third kappa shape index (κ3) is 2.86. The van der Waals surface area contributed by atoms with Crippen molar-refractivity contribution in [3.05, 3.63) is 29.3 Å². The van der Waals surface area contributed by atoms with Crippen molar-refractivity contribution in [2.45, 2.75) is 6.92 Å². The normalized spacial score (nSPS) is 8.77. The Balaban J connectivity index is 0.00000144. The van der Waals surface area contributed by atoms with Crippen LogP contribution in [0.15, 0.2) is 18.2 Å². The first-order chi connectivity index (χ1) is 5.65. The molecule has 0 aliphatic rings. The molecule has 1 aromatic carbocycles. The fraction of sp³-hybridized carbons (Fsp3) is 0.222. The molecule has 0 heterocycles. The first-order valence-electron chi connectivity index (χ1n) is 3.59. The monoisotopic (exact) mass is 215 g/mol. The van der Waals surface area contributed by atoms with E-state index in [1.165, 1.54) is 0 Å². The average Bonchev–Trinajstić information content (AvgIpc) is 2.04. The number of aromatic carboxylic acids is 1. The number of aromatic hydroxyl groups is 1. The van der Waals surface area contributed by atoms with E-state index in [9.17, 15) is 4.79 Å². The third-order valence-corrected chi connectivity index (χ3v) is 1.62. The smallest absolute Gasteiger partial charge is 0.345 e. The number of hydrogen-bond donors (Lipinski definition) is 1. The number of carbonyl (C=O) groups is 1. The van der Waals surface area contributed by atoms with Crippen molar-refractivity contribution in [3.63, 3.8) is 0 Å². The molecule has 68 valence electrons. The average molecular weight is 215 g/mol. The van der Waals surface area contributed by atoms with Crippen LogP contribution in [0.2, 0.25) is 0 Å². The molecule has 0 radical (unpaired) electrons. The maximum Gasteiger partial charge on any atom is 0.345 e. The van der Waals surface area contributed by atoms with Gasteiger partial charge in [0.05, 0.1) is 0 Å². The standard InChI is InChI=1S/C9H10O3.Ti/c1-6-3-4-8(12-2)7(5-6)9(10)11;/h3-5H,1-2H3,(H,10,11);/p+1. The molecule has 0 fully saturated rings. The minimum Gasteiger partial charge on any atom is -0.584 e. The maximum absolute atomic E-state index is 10.7. The van der Waals surface area contributed by atoms with E-state index in [4.69, 9.17) is 5.11 Å². The van der Waals surface area contributed by atoms with Crippen molar-refractivity contribution >= 4 is 5.97 Å². The van der Waals surface area contributed by atoms with E-state index in [0.717, 1.165) is 5.56 Å². The van der Waals surface area contributed by atoms with E-state index in [-0.39, 0.29) is 27.3 Å². The van der Waals surface area contributed by atoms with Gasteiger partial charge in [-0.15, -0.1) is 0 Å². The Hall–Kier alpha value is -0.796. The molecule has 0 aromatic heterocycles. The summed E-state index contributed by atoms with van der Waals surface area (Å²) in [5.74, 6) is -0.410. The maximum atomic E-state index is 10.7. The molecule has 0 unspecified atom stereocenters. The molecule has 0 bridgehead atoms. The van der Waals surface area contributed by atoms with Gasteiger partial charge in [-0.25, -0.2) is 4.79 Å². The predicted octanol–water partition coefficient (Wildman–Crippen LogP) is 1.56. The number of benzene rings is 1. The number of hydrogen-bond acceptors (Lipinski definition) is 1. The second kappa shape index (κ2) is 5.05. The first-order valence-corrected chi connectivity index (χ1v) is 3.59. The quantitative estimate of drug-likeness (QED) is 0.601. The molecule has 0 spiro atoms. The van der Waals surface area contributed by atoms with E-state index >= 15 is 0 Å². The molecule has 0 atom stereocenters. The molecule has 1 rings (SSSR count). The molecule has 2 N–H and O–H groups in total. The van der Waals surface area contributed by atoms with Crippen LogP contribution in [0.3, 0.4) is 0 Å². The van der Waals surface area contributed by atoms with Gasteiger partial charge < -0.3 is 9.84 Å². The molecule has 4 heteroatoms. The molecular formula is C9H11O3Ti+. The third-order valence-electron chi connectivity index (χ3n) is 1.62. The SMILES string of the molecule is C[OH+]c1ccc(C)cc1C(=O)O.[Ti]. The number of carboxylic acids is 1. The van der Waals surface area contributed by atoms with Crippen LogP contribution in [0.5, 0.6) is 5.75 Å². The van der Waals surface area contributed by atoms with Gasteiger partial charge in [-0.05, 0) is 18.6 Å². The number of rotatable bonds is 2. The number of ether oxygens (including phenoxy) is 1. The van der Waals surface area contributed by atoms with Gasteiger partial charge in [0.2, 0.25) is 0 Å². The minimum absolute atomic E-state index is 0. The Labute approximate surface area is 91.6 Å². The Morgan fingerprint density at radius 2 is 2.08 bits per heavy atom. The zero-order valence-electron chi connectivity index (χ0n) is 7.53. The largest absolute Gasteiger partial charge is 0.584 e. The summed E-state index contributed by atoms with van der Waals surface area (Å²) in [6.45, 7) is 1.85. The summed E-state index contributed by atoms with van der Waals surface area (Å²) < 4.78 is 3.85. The van der Waals surface area contributed by atoms with Gasteiger partial charge >= 0.3 is 5.97 Å². The zero-order valence-corrected chi connectivity index (χ0v) is 9.10. The van der Waals surface area contributed by atoms with E-state index in [1.807, 2.05) is 13.0 Å². The van der Waals surface area contributed by atoms with Gasteiger partial charge in [0, 0.05) is 27.8 Å². The van der Waals surface area contributed by atoms with Crippen LogP contribution in [-0.2, 0) is 21.7 Å². The second-order valence-corrected chi connectivity index (χ2v) is 2.55. The van der Waals surface area contributed by atoms with E-state index in [0.29, 0.717) is 5.75 Å². The molecule has 0 amide bonds. The van der Waals surface area contributed by atoms with Crippen molar-refractivity contribution in [3.8, 4) is 5.75 Å². The van der Waals surface area contributed by atoms with Crippen LogP contribution in [-0.4, -0.2) is 22.9 Å². The topological polar surface area (TPSA) is 50.1 Å². The zero-order chi connectivity index (χ0) is 9.14. The van der Waals surface area contributed by atoms with Gasteiger partial charge in [0.15, 0.2) is 12.7 Å². The van der Waals surface area contributed by atoms with Crippen LogP contribution in [0.4, 0.5) is 0 Å². The Bertz CT molecular complexity index is 310. The van der Waals surface area contributed by atoms with Gasteiger partial charge in [-0.1, -0.05) is 6.07 Å². The summed E-state index contributed by atoms with van der Waals surface area (Å²) in [5, 5.41) is 8.76. The van der Waals surface area contributed by atoms with Crippen LogP contribution in [0.1, 0.15) is 15.9 Å². The Morgan fingerprint density at radius 1 is 1.46 bits per heavy atom. The number of carboxylic acid groups (broad SMARTS) is 1. The fourth-order valence-corrected chi connectivity index (χ4v) is 1.02.